The van der Waals surface area contributed by atoms with Crippen molar-refractivity contribution in [2.24, 2.45) is 0 Å². The van der Waals surface area contributed by atoms with E-state index in [1.807, 2.05) is 19.2 Å². The van der Waals surface area contributed by atoms with E-state index in [0.29, 0.717) is 48.5 Å². The second kappa shape index (κ2) is 8.90. The molecule has 11 heteroatoms. The van der Waals surface area contributed by atoms with Crippen LogP contribution >= 0.6 is 0 Å². The van der Waals surface area contributed by atoms with Crippen molar-refractivity contribution in [3.63, 3.8) is 0 Å². The number of rotatable bonds is 5. The van der Waals surface area contributed by atoms with Gasteiger partial charge in [0.2, 0.25) is 0 Å². The monoisotopic (exact) mass is 479 g/mol. The van der Waals surface area contributed by atoms with Crippen molar-refractivity contribution in [3.8, 4) is 0 Å². The van der Waals surface area contributed by atoms with E-state index in [-0.39, 0.29) is 17.7 Å². The predicted octanol–water partition coefficient (Wildman–Crippen LogP) is 3.34. The van der Waals surface area contributed by atoms with E-state index in [0.717, 1.165) is 11.1 Å². The third kappa shape index (κ3) is 4.25. The van der Waals surface area contributed by atoms with Crippen LogP contribution in [0.25, 0.3) is 16.6 Å². The number of nitrogens with one attached hydrogen (secondary N) is 2. The summed E-state index contributed by atoms with van der Waals surface area (Å²) in [5.74, 6) is -0.907. The summed E-state index contributed by atoms with van der Waals surface area (Å²) < 4.78 is 23.2. The number of fused-ring (bicyclic) bond motifs is 2. The summed E-state index contributed by atoms with van der Waals surface area (Å²) in [6.07, 6.45) is 5.28. The summed E-state index contributed by atoms with van der Waals surface area (Å²) in [5.41, 5.74) is 3.06. The molecule has 5 rings (SSSR count). The van der Waals surface area contributed by atoms with Crippen LogP contribution in [0.15, 0.2) is 36.8 Å². The fourth-order valence-electron chi connectivity index (χ4n) is 4.46. The predicted molar refractivity (Wildman–Crippen MR) is 129 cm³/mol. The third-order valence-corrected chi connectivity index (χ3v) is 6.12. The molecule has 2 N–H and O–H groups in total. The highest BCUT2D eigenvalue weighted by molar-refractivity contribution is 6.13. The maximum absolute atomic E-state index is 14.5. The van der Waals surface area contributed by atoms with Crippen LogP contribution < -0.4 is 15.5 Å². The molecule has 1 saturated heterocycles. The number of halogens is 1. The van der Waals surface area contributed by atoms with Gasteiger partial charge in [0.15, 0.2) is 11.5 Å². The summed E-state index contributed by atoms with van der Waals surface area (Å²) in [6, 6.07) is 4.86. The summed E-state index contributed by atoms with van der Waals surface area (Å²) in [6.45, 7) is 5.65. The lowest BCUT2D eigenvalue weighted by Gasteiger charge is -2.20. The van der Waals surface area contributed by atoms with Gasteiger partial charge in [-0.05, 0) is 26.0 Å². The van der Waals surface area contributed by atoms with Crippen molar-refractivity contribution in [1.29, 1.82) is 0 Å². The normalized spacial score (nSPS) is 15.7. The van der Waals surface area contributed by atoms with Crippen molar-refractivity contribution < 1.29 is 18.7 Å². The molecule has 0 spiro atoms. The van der Waals surface area contributed by atoms with Crippen LogP contribution in [0.1, 0.15) is 29.4 Å². The molecule has 0 unspecified atom stereocenters. The number of amides is 2. The number of benzene rings is 1. The highest BCUT2D eigenvalue weighted by Crippen LogP contribution is 2.32. The number of hydrogen-bond acceptors (Lipinski definition) is 6. The number of hydrogen-bond donors (Lipinski definition) is 2. The van der Waals surface area contributed by atoms with E-state index in [9.17, 15) is 14.0 Å². The first-order valence-electron chi connectivity index (χ1n) is 11.5. The summed E-state index contributed by atoms with van der Waals surface area (Å²) >= 11 is 0. The van der Waals surface area contributed by atoms with Crippen LogP contribution in [0.4, 0.5) is 20.6 Å². The molecule has 0 bridgehead atoms. The molecule has 0 aliphatic carbocycles. The highest BCUT2D eigenvalue weighted by Gasteiger charge is 2.28. The first kappa shape index (κ1) is 22.6. The van der Waals surface area contributed by atoms with Gasteiger partial charge in [0, 0.05) is 62.3 Å². The lowest BCUT2D eigenvalue weighted by atomic mass is 10.1. The van der Waals surface area contributed by atoms with Gasteiger partial charge in [-0.15, -0.1) is 0 Å². The quantitative estimate of drug-likeness (QED) is 0.455. The van der Waals surface area contributed by atoms with Gasteiger partial charge >= 0.3 is 6.09 Å². The molecule has 1 fully saturated rings. The smallest absolute Gasteiger partial charge is 0.407 e. The van der Waals surface area contributed by atoms with Gasteiger partial charge in [-0.25, -0.2) is 14.2 Å². The van der Waals surface area contributed by atoms with Crippen LogP contribution in [0, 0.1) is 12.7 Å². The molecule has 1 aromatic carbocycles. The van der Waals surface area contributed by atoms with Crippen molar-refractivity contribution in [2.75, 3.05) is 30.4 Å². The molecule has 2 amide bonds. The number of alkyl carbamates (subject to hydrolysis) is 1. The van der Waals surface area contributed by atoms with Gasteiger partial charge in [0.05, 0.1) is 23.5 Å². The maximum Gasteiger partial charge on any atom is 0.407 e. The maximum atomic E-state index is 14.5. The van der Waals surface area contributed by atoms with Crippen molar-refractivity contribution in [2.45, 2.75) is 32.9 Å². The van der Waals surface area contributed by atoms with E-state index >= 15 is 0 Å². The number of nitrogens with zero attached hydrogens (tertiary/aromatic N) is 5. The third-order valence-electron chi connectivity index (χ3n) is 6.12. The van der Waals surface area contributed by atoms with Gasteiger partial charge < -0.3 is 24.7 Å². The van der Waals surface area contributed by atoms with Gasteiger partial charge in [0.1, 0.15) is 11.6 Å². The Morgan fingerprint density at radius 1 is 1.26 bits per heavy atom. The summed E-state index contributed by atoms with van der Waals surface area (Å²) in [7, 11) is 1.53. The number of aromatic nitrogens is 4. The highest BCUT2D eigenvalue weighted by atomic mass is 19.1. The standard InChI is InChI=1S/C24H26FN7O3/c1-4-32-13-18-20(30-8-7-16(12-30)35-24(34)26-3)6-5-17(21(18)29-32)23(33)28-15-9-19(25)22-27-14(2)10-31(22)11-15/h5-6,9-11,13,16H,4,7-8,12H2,1-3H3,(H,26,34)(H,28,33)/t16-/m1/s1. The average molecular weight is 480 g/mol. The Hall–Kier alpha value is -4.15. The number of carbonyl (C=O) groups excluding carboxylic acids is 2. The fourth-order valence-corrected chi connectivity index (χ4v) is 4.46. The van der Waals surface area contributed by atoms with Crippen LogP contribution in [0.3, 0.4) is 0 Å². The second-order valence-electron chi connectivity index (χ2n) is 8.54. The topological polar surface area (TPSA) is 106 Å². The van der Waals surface area contributed by atoms with Crippen LogP contribution in [-0.2, 0) is 11.3 Å². The Morgan fingerprint density at radius 2 is 2.09 bits per heavy atom. The van der Waals surface area contributed by atoms with E-state index in [4.69, 9.17) is 4.74 Å². The minimum absolute atomic E-state index is 0.207. The molecule has 35 heavy (non-hydrogen) atoms. The molecule has 0 radical (unpaired) electrons. The molecule has 1 aliphatic rings. The zero-order chi connectivity index (χ0) is 24.7. The molecule has 0 saturated carbocycles. The molecule has 182 valence electrons. The minimum Gasteiger partial charge on any atom is -0.444 e. The molecule has 1 aliphatic heterocycles. The SMILES string of the molecule is CCn1cc2c(N3CC[C@@H](OC(=O)NC)C3)ccc(C(=O)Nc3cc(F)c4nc(C)cn4c3)c2n1. The largest absolute Gasteiger partial charge is 0.444 e. The lowest BCUT2D eigenvalue weighted by Crippen LogP contribution is -2.29. The number of pyridine rings is 1. The van der Waals surface area contributed by atoms with Crippen LogP contribution in [0.2, 0.25) is 0 Å². The first-order chi connectivity index (χ1) is 16.9. The van der Waals surface area contributed by atoms with Crippen LogP contribution in [0.5, 0.6) is 0 Å². The Balaban J connectivity index is 1.45. The second-order valence-corrected chi connectivity index (χ2v) is 8.54. The van der Waals surface area contributed by atoms with Crippen molar-refractivity contribution >= 4 is 39.9 Å². The summed E-state index contributed by atoms with van der Waals surface area (Å²) in [4.78, 5) is 31.1. The van der Waals surface area contributed by atoms with Gasteiger partial charge in [-0.1, -0.05) is 0 Å². The molecule has 3 aromatic heterocycles. The molecule has 4 heterocycles. The lowest BCUT2D eigenvalue weighted by molar-refractivity contribution is 0.102. The summed E-state index contributed by atoms with van der Waals surface area (Å²) in [5, 5.41) is 10.7. The van der Waals surface area contributed by atoms with E-state index in [1.54, 1.807) is 34.5 Å². The molecular weight excluding hydrogens is 453 g/mol. The Morgan fingerprint density at radius 3 is 2.86 bits per heavy atom. The number of ether oxygens (including phenoxy) is 1. The zero-order valence-corrected chi connectivity index (χ0v) is 19.7. The van der Waals surface area contributed by atoms with Crippen molar-refractivity contribution in [3.05, 3.63) is 53.9 Å². The fraction of sp³-hybridized carbons (Fsp3) is 0.333. The van der Waals surface area contributed by atoms with Crippen LogP contribution in [-0.4, -0.2) is 57.4 Å². The number of aryl methyl sites for hydroxylation is 2. The average Bonchev–Trinajstić information content (AvgIpc) is 3.56. The number of carbonyl (C=O) groups is 2. The Kier molecular flexibility index (Phi) is 5.75. The molecule has 1 atom stereocenters. The zero-order valence-electron chi connectivity index (χ0n) is 19.7. The first-order valence-corrected chi connectivity index (χ1v) is 11.5. The van der Waals surface area contributed by atoms with E-state index in [1.165, 1.54) is 13.1 Å². The Bertz CT molecular complexity index is 1440. The number of anilines is 2. The number of imidazole rings is 1. The van der Waals surface area contributed by atoms with Gasteiger partial charge in [-0.2, -0.15) is 5.10 Å². The van der Waals surface area contributed by atoms with E-state index < -0.39 is 11.9 Å². The van der Waals surface area contributed by atoms with Gasteiger partial charge in [0.25, 0.3) is 5.91 Å². The molecule has 10 nitrogen and oxygen atoms in total. The minimum atomic E-state index is -0.519. The molecule has 4 aromatic rings. The van der Waals surface area contributed by atoms with E-state index in [2.05, 4.69) is 25.6 Å². The Labute approximate surface area is 200 Å². The molecular formula is C24H26FN7O3. The van der Waals surface area contributed by atoms with Crippen molar-refractivity contribution in [1.82, 2.24) is 24.5 Å². The van der Waals surface area contributed by atoms with Gasteiger partial charge in [-0.3, -0.25) is 9.48 Å².